The molecule has 0 radical (unpaired) electrons. The van der Waals surface area contributed by atoms with E-state index in [0.29, 0.717) is 17.9 Å². The Morgan fingerprint density at radius 1 is 0.970 bits per heavy atom. The van der Waals surface area contributed by atoms with Gasteiger partial charge in [-0.25, -0.2) is 4.79 Å². The summed E-state index contributed by atoms with van der Waals surface area (Å²) in [5.41, 5.74) is 5.37. The molecule has 33 heavy (non-hydrogen) atoms. The fourth-order valence-corrected chi connectivity index (χ4v) is 4.54. The maximum absolute atomic E-state index is 12.6. The number of carboxylic acids is 1. The molecule has 1 atom stereocenters. The third-order valence-electron chi connectivity index (χ3n) is 6.01. The van der Waals surface area contributed by atoms with Gasteiger partial charge < -0.3 is 24.6 Å². The molecule has 5 rings (SSSR count). The van der Waals surface area contributed by atoms with Gasteiger partial charge in [-0.2, -0.15) is 0 Å². The normalized spacial score (nSPS) is 14.3. The van der Waals surface area contributed by atoms with Gasteiger partial charge in [0, 0.05) is 12.0 Å². The van der Waals surface area contributed by atoms with Gasteiger partial charge in [0.05, 0.1) is 6.42 Å². The van der Waals surface area contributed by atoms with Crippen molar-refractivity contribution in [1.29, 1.82) is 0 Å². The molecule has 3 aromatic carbocycles. The SMILES string of the molecule is O=C(O)CC(Cc1ccc2c(c1)OCO2)NC(=O)OCC1c2ccccc2-c2ccccc21. The number of ether oxygens (including phenoxy) is 3. The monoisotopic (exact) mass is 445 g/mol. The summed E-state index contributed by atoms with van der Waals surface area (Å²) in [5, 5.41) is 12.0. The van der Waals surface area contributed by atoms with Crippen LogP contribution in [0, 0.1) is 0 Å². The van der Waals surface area contributed by atoms with E-state index in [1.807, 2.05) is 42.5 Å². The van der Waals surface area contributed by atoms with Crippen LogP contribution in [0.4, 0.5) is 4.79 Å². The van der Waals surface area contributed by atoms with Crippen LogP contribution >= 0.6 is 0 Å². The van der Waals surface area contributed by atoms with E-state index in [4.69, 9.17) is 14.2 Å². The fourth-order valence-electron chi connectivity index (χ4n) is 4.54. The molecule has 0 saturated heterocycles. The lowest BCUT2D eigenvalue weighted by Gasteiger charge is -2.19. The predicted molar refractivity (Wildman–Crippen MR) is 121 cm³/mol. The van der Waals surface area contributed by atoms with Crippen LogP contribution in [0.3, 0.4) is 0 Å². The summed E-state index contributed by atoms with van der Waals surface area (Å²) in [6.45, 7) is 0.332. The Bertz CT molecular complexity index is 1160. The van der Waals surface area contributed by atoms with Crippen LogP contribution in [0.2, 0.25) is 0 Å². The van der Waals surface area contributed by atoms with Crippen molar-refractivity contribution < 1.29 is 28.9 Å². The molecule has 3 aromatic rings. The number of hydrogen-bond acceptors (Lipinski definition) is 5. The van der Waals surface area contributed by atoms with Crippen molar-refractivity contribution in [2.75, 3.05) is 13.4 Å². The molecule has 0 bridgehead atoms. The molecule has 1 heterocycles. The van der Waals surface area contributed by atoms with Gasteiger partial charge in [-0.15, -0.1) is 0 Å². The molecule has 0 fully saturated rings. The van der Waals surface area contributed by atoms with Crippen LogP contribution in [0.1, 0.15) is 29.0 Å². The number of amides is 1. The minimum Gasteiger partial charge on any atom is -0.481 e. The average molecular weight is 445 g/mol. The van der Waals surface area contributed by atoms with E-state index < -0.39 is 18.1 Å². The van der Waals surface area contributed by atoms with E-state index in [1.165, 1.54) is 0 Å². The number of aliphatic carboxylic acids is 1. The van der Waals surface area contributed by atoms with Crippen molar-refractivity contribution in [2.24, 2.45) is 0 Å². The number of nitrogens with one attached hydrogen (secondary N) is 1. The summed E-state index contributed by atoms with van der Waals surface area (Å²) < 4.78 is 16.3. The Morgan fingerprint density at radius 2 is 1.64 bits per heavy atom. The van der Waals surface area contributed by atoms with Crippen molar-refractivity contribution in [3.63, 3.8) is 0 Å². The average Bonchev–Trinajstić information content (AvgIpc) is 3.39. The van der Waals surface area contributed by atoms with E-state index in [0.717, 1.165) is 27.8 Å². The second-order valence-corrected chi connectivity index (χ2v) is 8.16. The zero-order valence-corrected chi connectivity index (χ0v) is 17.8. The van der Waals surface area contributed by atoms with Gasteiger partial charge in [0.1, 0.15) is 6.61 Å². The first-order valence-electron chi connectivity index (χ1n) is 10.8. The molecule has 0 saturated carbocycles. The second-order valence-electron chi connectivity index (χ2n) is 8.16. The molecule has 1 amide bonds. The lowest BCUT2D eigenvalue weighted by atomic mass is 9.98. The molecule has 2 aliphatic rings. The van der Waals surface area contributed by atoms with Gasteiger partial charge in [-0.1, -0.05) is 54.6 Å². The summed E-state index contributed by atoms with van der Waals surface area (Å²) in [6, 6.07) is 21.0. The highest BCUT2D eigenvalue weighted by atomic mass is 16.7. The summed E-state index contributed by atoms with van der Waals surface area (Å²) in [4.78, 5) is 24.0. The molecular weight excluding hydrogens is 422 g/mol. The van der Waals surface area contributed by atoms with Crippen LogP contribution < -0.4 is 14.8 Å². The smallest absolute Gasteiger partial charge is 0.407 e. The number of hydrogen-bond donors (Lipinski definition) is 2. The zero-order chi connectivity index (χ0) is 22.8. The van der Waals surface area contributed by atoms with Crippen LogP contribution in [-0.4, -0.2) is 36.6 Å². The minimum absolute atomic E-state index is 0.0602. The minimum atomic E-state index is -1.00. The maximum Gasteiger partial charge on any atom is 0.407 e. The number of carbonyl (C=O) groups excluding carboxylic acids is 1. The van der Waals surface area contributed by atoms with Gasteiger partial charge in [0.15, 0.2) is 11.5 Å². The van der Waals surface area contributed by atoms with Gasteiger partial charge in [-0.05, 0) is 46.4 Å². The molecule has 7 nitrogen and oxygen atoms in total. The zero-order valence-electron chi connectivity index (χ0n) is 17.8. The Kier molecular flexibility index (Phi) is 5.60. The van der Waals surface area contributed by atoms with Crippen LogP contribution in [0.25, 0.3) is 11.1 Å². The summed E-state index contributed by atoms with van der Waals surface area (Å²) in [5.74, 6) is 0.204. The van der Waals surface area contributed by atoms with Gasteiger partial charge >= 0.3 is 12.1 Å². The van der Waals surface area contributed by atoms with E-state index in [9.17, 15) is 14.7 Å². The Hall–Kier alpha value is -4.00. The van der Waals surface area contributed by atoms with Crippen LogP contribution in [-0.2, 0) is 16.0 Å². The molecule has 0 aromatic heterocycles. The lowest BCUT2D eigenvalue weighted by Crippen LogP contribution is -2.39. The standard InChI is InChI=1S/C26H23NO6/c28-25(29)13-17(11-16-9-10-23-24(12-16)33-15-32-23)27-26(30)31-14-22-20-7-3-1-5-18(20)19-6-2-4-8-21(19)22/h1-10,12,17,22H,11,13-15H2,(H,27,30)(H,28,29). The van der Waals surface area contributed by atoms with E-state index in [-0.39, 0.29) is 25.7 Å². The van der Waals surface area contributed by atoms with E-state index in [1.54, 1.807) is 12.1 Å². The molecule has 1 aliphatic carbocycles. The number of rotatable bonds is 7. The summed E-state index contributed by atoms with van der Waals surface area (Å²) >= 11 is 0. The topological polar surface area (TPSA) is 94.1 Å². The third-order valence-corrected chi connectivity index (χ3v) is 6.01. The van der Waals surface area contributed by atoms with Crippen molar-refractivity contribution >= 4 is 12.1 Å². The molecule has 7 heteroatoms. The summed E-state index contributed by atoms with van der Waals surface area (Å²) in [6.07, 6.45) is -0.532. The first kappa shape index (κ1) is 20.9. The second kappa shape index (κ2) is 8.86. The first-order valence-corrected chi connectivity index (χ1v) is 10.8. The van der Waals surface area contributed by atoms with E-state index >= 15 is 0 Å². The van der Waals surface area contributed by atoms with Gasteiger partial charge in [-0.3, -0.25) is 4.79 Å². The number of carboxylic acid groups (broad SMARTS) is 1. The Labute approximate surface area is 190 Å². The number of fused-ring (bicyclic) bond motifs is 4. The van der Waals surface area contributed by atoms with Gasteiger partial charge in [0.2, 0.25) is 6.79 Å². The largest absolute Gasteiger partial charge is 0.481 e. The molecular formula is C26H23NO6. The van der Waals surface area contributed by atoms with Crippen molar-refractivity contribution in [3.05, 3.63) is 83.4 Å². The van der Waals surface area contributed by atoms with Crippen LogP contribution in [0.15, 0.2) is 66.7 Å². The van der Waals surface area contributed by atoms with E-state index in [2.05, 4.69) is 17.4 Å². The molecule has 1 aliphatic heterocycles. The lowest BCUT2D eigenvalue weighted by molar-refractivity contribution is -0.137. The maximum atomic E-state index is 12.6. The quantitative estimate of drug-likeness (QED) is 0.562. The number of alkyl carbamates (subject to hydrolysis) is 1. The predicted octanol–water partition coefficient (Wildman–Crippen LogP) is 4.34. The molecule has 1 unspecified atom stereocenters. The first-order chi connectivity index (χ1) is 16.1. The Balaban J connectivity index is 1.25. The highest BCUT2D eigenvalue weighted by molar-refractivity contribution is 5.79. The molecule has 168 valence electrons. The highest BCUT2D eigenvalue weighted by Crippen LogP contribution is 2.44. The molecule has 0 spiro atoms. The van der Waals surface area contributed by atoms with Crippen molar-refractivity contribution in [1.82, 2.24) is 5.32 Å². The third kappa shape index (κ3) is 4.35. The Morgan fingerprint density at radius 3 is 2.33 bits per heavy atom. The van der Waals surface area contributed by atoms with Crippen molar-refractivity contribution in [2.45, 2.75) is 24.8 Å². The van der Waals surface area contributed by atoms with Crippen LogP contribution in [0.5, 0.6) is 11.5 Å². The number of benzene rings is 3. The summed E-state index contributed by atoms with van der Waals surface area (Å²) in [7, 11) is 0. The number of carbonyl (C=O) groups is 2. The highest BCUT2D eigenvalue weighted by Gasteiger charge is 2.29. The fraction of sp³-hybridized carbons (Fsp3) is 0.231. The molecule has 2 N–H and O–H groups in total. The van der Waals surface area contributed by atoms with Gasteiger partial charge in [0.25, 0.3) is 0 Å². The van der Waals surface area contributed by atoms with Crippen molar-refractivity contribution in [3.8, 4) is 22.6 Å².